The Morgan fingerprint density at radius 1 is 1.40 bits per heavy atom. The van der Waals surface area contributed by atoms with Crippen molar-refractivity contribution in [2.75, 3.05) is 6.54 Å². The highest BCUT2D eigenvalue weighted by Gasteiger charge is 2.18. The Hall–Kier alpha value is -2.02. The molecule has 0 saturated heterocycles. The van der Waals surface area contributed by atoms with Gasteiger partial charge in [-0.25, -0.2) is 9.78 Å². The van der Waals surface area contributed by atoms with Gasteiger partial charge in [0.25, 0.3) is 0 Å². The summed E-state index contributed by atoms with van der Waals surface area (Å²) in [6, 6.07) is 7.17. The van der Waals surface area contributed by atoms with Crippen LogP contribution in [0.5, 0.6) is 0 Å². The van der Waals surface area contributed by atoms with Crippen molar-refractivity contribution in [1.29, 1.82) is 0 Å². The van der Waals surface area contributed by atoms with Crippen molar-refractivity contribution in [3.8, 4) is 0 Å². The molecule has 20 heavy (non-hydrogen) atoms. The number of carbonyl (C=O) groups excluding carboxylic acids is 2. The molecule has 1 heterocycles. The molecule has 0 spiro atoms. The van der Waals surface area contributed by atoms with Crippen molar-refractivity contribution < 1.29 is 9.59 Å². The second-order valence-electron chi connectivity index (χ2n) is 4.17. The second kappa shape index (κ2) is 6.42. The number of fused-ring (bicyclic) bond motifs is 1. The van der Waals surface area contributed by atoms with Crippen molar-refractivity contribution in [3.05, 3.63) is 24.3 Å². The van der Waals surface area contributed by atoms with E-state index in [2.05, 4.69) is 20.6 Å². The van der Waals surface area contributed by atoms with Gasteiger partial charge in [0, 0.05) is 6.54 Å². The summed E-state index contributed by atoms with van der Waals surface area (Å²) >= 11 is 1.28. The molecule has 1 aromatic heterocycles. The van der Waals surface area contributed by atoms with E-state index in [0.29, 0.717) is 11.7 Å². The summed E-state index contributed by atoms with van der Waals surface area (Å²) in [5.74, 6) is -0.346. The Bertz CT molecular complexity index is 593. The lowest BCUT2D eigenvalue weighted by molar-refractivity contribution is -0.119. The van der Waals surface area contributed by atoms with Crippen LogP contribution >= 0.6 is 11.8 Å². The number of hydrogen-bond donors (Lipinski definition) is 3. The lowest BCUT2D eigenvalue weighted by Crippen LogP contribution is -2.42. The third kappa shape index (κ3) is 3.51. The molecule has 2 rings (SSSR count). The molecule has 1 atom stereocenters. The summed E-state index contributed by atoms with van der Waals surface area (Å²) in [6.45, 7) is 3.99. The van der Waals surface area contributed by atoms with E-state index < -0.39 is 11.3 Å². The number of nitrogens with zero attached hydrogens (tertiary/aromatic N) is 1. The highest BCUT2D eigenvalue weighted by Crippen LogP contribution is 2.23. The first-order chi connectivity index (χ1) is 9.60. The summed E-state index contributed by atoms with van der Waals surface area (Å²) in [6.07, 6.45) is 0. The molecule has 0 fully saturated rings. The minimum absolute atomic E-state index is 0.346. The molecule has 0 bridgehead atoms. The number of aromatic nitrogens is 2. The van der Waals surface area contributed by atoms with Crippen molar-refractivity contribution >= 4 is 34.7 Å². The van der Waals surface area contributed by atoms with Gasteiger partial charge >= 0.3 is 6.03 Å². The number of H-pyrrole nitrogens is 1. The molecule has 3 N–H and O–H groups in total. The number of amides is 3. The van der Waals surface area contributed by atoms with Gasteiger partial charge < -0.3 is 10.3 Å². The van der Waals surface area contributed by atoms with Crippen LogP contribution in [0.3, 0.4) is 0 Å². The molecule has 0 aliphatic rings. The van der Waals surface area contributed by atoms with Gasteiger partial charge in [-0.15, -0.1) is 0 Å². The SMILES string of the molecule is CCNC(=O)NC(=O)[C@@H](C)Sc1nc2ccccc2[nH]1. The van der Waals surface area contributed by atoms with Crippen LogP contribution in [0, 0.1) is 0 Å². The molecule has 0 unspecified atom stereocenters. The number of carbonyl (C=O) groups is 2. The Balaban J connectivity index is 1.98. The van der Waals surface area contributed by atoms with E-state index in [1.165, 1.54) is 11.8 Å². The molecule has 0 radical (unpaired) electrons. The van der Waals surface area contributed by atoms with Crippen LogP contribution in [-0.2, 0) is 4.79 Å². The highest BCUT2D eigenvalue weighted by molar-refractivity contribution is 8.00. The molecule has 0 aliphatic carbocycles. The summed E-state index contributed by atoms with van der Waals surface area (Å²) in [5, 5.41) is 5.04. The smallest absolute Gasteiger partial charge is 0.321 e. The predicted octanol–water partition coefficient (Wildman–Crippen LogP) is 1.89. The molecule has 7 heteroatoms. The van der Waals surface area contributed by atoms with Crippen molar-refractivity contribution in [2.24, 2.45) is 0 Å². The number of imide groups is 1. The van der Waals surface area contributed by atoms with Crippen LogP contribution in [0.4, 0.5) is 4.79 Å². The monoisotopic (exact) mass is 292 g/mol. The maximum Gasteiger partial charge on any atom is 0.321 e. The highest BCUT2D eigenvalue weighted by atomic mass is 32.2. The normalized spacial score (nSPS) is 12.1. The van der Waals surface area contributed by atoms with E-state index >= 15 is 0 Å². The lowest BCUT2D eigenvalue weighted by Gasteiger charge is -2.09. The number of hydrogen-bond acceptors (Lipinski definition) is 4. The van der Waals surface area contributed by atoms with Crippen LogP contribution in [0.1, 0.15) is 13.8 Å². The van der Waals surface area contributed by atoms with Crippen LogP contribution in [0.15, 0.2) is 29.4 Å². The van der Waals surface area contributed by atoms with Crippen molar-refractivity contribution in [3.63, 3.8) is 0 Å². The zero-order chi connectivity index (χ0) is 14.5. The standard InChI is InChI=1S/C13H16N4O2S/c1-3-14-12(19)17-11(18)8(2)20-13-15-9-6-4-5-7-10(9)16-13/h4-8H,3H2,1-2H3,(H,15,16)(H2,14,17,18,19)/t8-/m1/s1. The quantitative estimate of drug-likeness (QED) is 0.751. The Labute approximate surface area is 120 Å². The first-order valence-electron chi connectivity index (χ1n) is 6.30. The van der Waals surface area contributed by atoms with E-state index in [9.17, 15) is 9.59 Å². The fourth-order valence-electron chi connectivity index (χ4n) is 1.62. The molecule has 3 amide bonds. The lowest BCUT2D eigenvalue weighted by atomic mass is 10.3. The third-order valence-electron chi connectivity index (χ3n) is 2.60. The Morgan fingerprint density at radius 3 is 2.85 bits per heavy atom. The third-order valence-corrected chi connectivity index (χ3v) is 3.58. The van der Waals surface area contributed by atoms with Crippen molar-refractivity contribution in [1.82, 2.24) is 20.6 Å². The predicted molar refractivity (Wildman–Crippen MR) is 78.6 cm³/mol. The molecule has 1 aromatic carbocycles. The van der Waals surface area contributed by atoms with Gasteiger partial charge in [0.2, 0.25) is 5.91 Å². The van der Waals surface area contributed by atoms with Gasteiger partial charge in [-0.1, -0.05) is 23.9 Å². The Morgan fingerprint density at radius 2 is 2.15 bits per heavy atom. The van der Waals surface area contributed by atoms with E-state index in [-0.39, 0.29) is 5.91 Å². The van der Waals surface area contributed by atoms with Crippen LogP contribution in [0.2, 0.25) is 0 Å². The first-order valence-corrected chi connectivity index (χ1v) is 7.18. The van der Waals surface area contributed by atoms with E-state index in [1.807, 2.05) is 24.3 Å². The van der Waals surface area contributed by atoms with Gasteiger partial charge in [-0.05, 0) is 26.0 Å². The largest absolute Gasteiger partial charge is 0.338 e. The van der Waals surface area contributed by atoms with Gasteiger partial charge in [0.1, 0.15) is 0 Å². The zero-order valence-electron chi connectivity index (χ0n) is 11.3. The molecule has 106 valence electrons. The Kier molecular flexibility index (Phi) is 4.62. The average Bonchev–Trinajstić information content (AvgIpc) is 2.80. The number of imidazole rings is 1. The molecule has 6 nitrogen and oxygen atoms in total. The summed E-state index contributed by atoms with van der Waals surface area (Å²) in [5.41, 5.74) is 1.78. The number of urea groups is 1. The number of nitrogens with one attached hydrogen (secondary N) is 3. The van der Waals surface area contributed by atoms with E-state index in [0.717, 1.165) is 11.0 Å². The average molecular weight is 292 g/mol. The topological polar surface area (TPSA) is 86.9 Å². The molecular weight excluding hydrogens is 276 g/mol. The van der Waals surface area contributed by atoms with Crippen LogP contribution < -0.4 is 10.6 Å². The van der Waals surface area contributed by atoms with Gasteiger partial charge in [-0.2, -0.15) is 0 Å². The molecular formula is C13H16N4O2S. The number of thioether (sulfide) groups is 1. The number of rotatable bonds is 4. The maximum atomic E-state index is 11.8. The maximum absolute atomic E-state index is 11.8. The molecule has 2 aromatic rings. The van der Waals surface area contributed by atoms with Gasteiger partial charge in [0.05, 0.1) is 16.3 Å². The molecule has 0 aliphatic heterocycles. The van der Waals surface area contributed by atoms with Gasteiger partial charge in [-0.3, -0.25) is 10.1 Å². The number of para-hydroxylation sites is 2. The summed E-state index contributed by atoms with van der Waals surface area (Å²) in [7, 11) is 0. The van der Waals surface area contributed by atoms with E-state index in [1.54, 1.807) is 13.8 Å². The van der Waals surface area contributed by atoms with Gasteiger partial charge in [0.15, 0.2) is 5.16 Å². The fourth-order valence-corrected chi connectivity index (χ4v) is 2.45. The minimum Gasteiger partial charge on any atom is -0.338 e. The van der Waals surface area contributed by atoms with Crippen molar-refractivity contribution in [2.45, 2.75) is 24.3 Å². The number of benzene rings is 1. The summed E-state index contributed by atoms with van der Waals surface area (Å²) < 4.78 is 0. The second-order valence-corrected chi connectivity index (χ2v) is 5.50. The first kappa shape index (κ1) is 14.4. The number of aromatic amines is 1. The fraction of sp³-hybridized carbons (Fsp3) is 0.308. The molecule has 0 saturated carbocycles. The van der Waals surface area contributed by atoms with Crippen LogP contribution in [-0.4, -0.2) is 33.7 Å². The minimum atomic E-state index is -0.477. The summed E-state index contributed by atoms with van der Waals surface area (Å²) in [4.78, 5) is 30.6. The zero-order valence-corrected chi connectivity index (χ0v) is 12.1. The van der Waals surface area contributed by atoms with Crippen LogP contribution in [0.25, 0.3) is 11.0 Å². The van der Waals surface area contributed by atoms with E-state index in [4.69, 9.17) is 0 Å².